The lowest BCUT2D eigenvalue weighted by molar-refractivity contribution is -0.121. The lowest BCUT2D eigenvalue weighted by atomic mass is 9.65. The molecule has 1 heterocycles. The molecule has 21 heavy (non-hydrogen) atoms. The third-order valence-electron chi connectivity index (χ3n) is 5.53. The molecule has 1 saturated heterocycles. The topological polar surface area (TPSA) is 23.5 Å². The Morgan fingerprint density at radius 3 is 2.52 bits per heavy atom. The Morgan fingerprint density at radius 2 is 1.90 bits per heavy atom. The van der Waals surface area contributed by atoms with Crippen LogP contribution in [0.2, 0.25) is 0 Å². The molecule has 0 bridgehead atoms. The zero-order valence-corrected chi connectivity index (χ0v) is 14.5. The second kappa shape index (κ2) is 5.04. The normalized spacial score (nSPS) is 29.6. The van der Waals surface area contributed by atoms with Gasteiger partial charge >= 0.3 is 0 Å². The van der Waals surface area contributed by atoms with Crippen LogP contribution in [-0.4, -0.2) is 30.1 Å². The molecule has 0 amide bonds. The van der Waals surface area contributed by atoms with Crippen LogP contribution in [0.15, 0.2) is 16.6 Å². The lowest BCUT2D eigenvalue weighted by Crippen LogP contribution is -2.49. The van der Waals surface area contributed by atoms with Gasteiger partial charge in [0.1, 0.15) is 5.82 Å². The van der Waals surface area contributed by atoms with Crippen molar-refractivity contribution in [3.05, 3.63) is 33.5 Å². The summed E-state index contributed by atoms with van der Waals surface area (Å²) in [7, 11) is 2.12. The second-order valence-corrected chi connectivity index (χ2v) is 8.23. The number of nitrogens with zero attached hydrogens (tertiary/aromatic N) is 1. The van der Waals surface area contributed by atoms with Crippen LogP contribution in [0.1, 0.15) is 37.8 Å². The van der Waals surface area contributed by atoms with Gasteiger partial charge in [-0.2, -0.15) is 0 Å². The van der Waals surface area contributed by atoms with Crippen molar-refractivity contribution >= 4 is 15.9 Å². The summed E-state index contributed by atoms with van der Waals surface area (Å²) < 4.78 is 15.0. The van der Waals surface area contributed by atoms with Crippen molar-refractivity contribution in [2.75, 3.05) is 20.1 Å². The van der Waals surface area contributed by atoms with E-state index in [2.05, 4.69) is 41.7 Å². The highest BCUT2D eigenvalue weighted by atomic mass is 79.9. The number of fused-ring (bicyclic) bond motifs is 1. The standard InChI is InChI=1S/C17H23BrFNO/c1-16(2)10-13-14(8-12(18)9-15(13)19)17(16,21)11-4-6-20(3)7-5-11/h8-9,11,21H,4-7,10H2,1-3H3. The van der Waals surface area contributed by atoms with E-state index < -0.39 is 5.60 Å². The number of hydrogen-bond acceptors (Lipinski definition) is 2. The molecular weight excluding hydrogens is 333 g/mol. The summed E-state index contributed by atoms with van der Waals surface area (Å²) in [6.45, 7) is 6.13. The van der Waals surface area contributed by atoms with Crippen molar-refractivity contribution in [3.63, 3.8) is 0 Å². The summed E-state index contributed by atoms with van der Waals surface area (Å²) in [6.07, 6.45) is 2.53. The minimum Gasteiger partial charge on any atom is -0.384 e. The first-order valence-corrected chi connectivity index (χ1v) is 8.44. The highest BCUT2D eigenvalue weighted by Crippen LogP contribution is 2.56. The fraction of sp³-hybridized carbons (Fsp3) is 0.647. The average Bonchev–Trinajstić information content (AvgIpc) is 2.61. The van der Waals surface area contributed by atoms with Crippen LogP contribution in [0.25, 0.3) is 0 Å². The molecule has 2 aliphatic rings. The van der Waals surface area contributed by atoms with E-state index in [1.807, 2.05) is 6.07 Å². The average molecular weight is 356 g/mol. The largest absolute Gasteiger partial charge is 0.384 e. The molecule has 1 aromatic rings. The number of halogens is 2. The highest BCUT2D eigenvalue weighted by Gasteiger charge is 2.56. The molecule has 1 aromatic carbocycles. The molecule has 1 atom stereocenters. The van der Waals surface area contributed by atoms with Crippen LogP contribution in [0.4, 0.5) is 4.39 Å². The Bertz CT molecular complexity index is 566. The van der Waals surface area contributed by atoms with Gasteiger partial charge in [-0.15, -0.1) is 0 Å². The fourth-order valence-corrected chi connectivity index (χ4v) is 4.69. The van der Waals surface area contributed by atoms with Gasteiger partial charge in [0.05, 0.1) is 5.60 Å². The van der Waals surface area contributed by atoms with Crippen LogP contribution in [-0.2, 0) is 12.0 Å². The van der Waals surface area contributed by atoms with E-state index >= 15 is 0 Å². The van der Waals surface area contributed by atoms with E-state index in [4.69, 9.17) is 0 Å². The molecule has 4 heteroatoms. The summed E-state index contributed by atoms with van der Waals surface area (Å²) in [5, 5.41) is 11.6. The number of hydrogen-bond donors (Lipinski definition) is 1. The molecule has 1 fully saturated rings. The second-order valence-electron chi connectivity index (χ2n) is 7.32. The quantitative estimate of drug-likeness (QED) is 0.830. The Morgan fingerprint density at radius 1 is 1.29 bits per heavy atom. The first-order chi connectivity index (χ1) is 9.75. The number of rotatable bonds is 1. The molecular formula is C17H23BrFNO. The summed E-state index contributed by atoms with van der Waals surface area (Å²) in [5.41, 5.74) is 0.227. The highest BCUT2D eigenvalue weighted by molar-refractivity contribution is 9.10. The Labute approximate surface area is 134 Å². The smallest absolute Gasteiger partial charge is 0.127 e. The predicted octanol–water partition coefficient (Wildman–Crippen LogP) is 3.70. The van der Waals surface area contributed by atoms with Crippen LogP contribution in [0.3, 0.4) is 0 Å². The van der Waals surface area contributed by atoms with E-state index in [0.29, 0.717) is 16.5 Å². The minimum absolute atomic E-state index is 0.193. The van der Waals surface area contributed by atoms with E-state index in [0.717, 1.165) is 31.5 Å². The molecule has 1 N–H and O–H groups in total. The first kappa shape index (κ1) is 15.4. The van der Waals surface area contributed by atoms with Crippen molar-refractivity contribution in [3.8, 4) is 0 Å². The molecule has 3 rings (SSSR count). The fourth-order valence-electron chi connectivity index (χ4n) is 4.26. The summed E-state index contributed by atoms with van der Waals surface area (Å²) in [4.78, 5) is 2.30. The summed E-state index contributed by atoms with van der Waals surface area (Å²) in [5.74, 6) is -0.00467. The van der Waals surface area contributed by atoms with Crippen LogP contribution < -0.4 is 0 Å². The van der Waals surface area contributed by atoms with Gasteiger partial charge in [0.25, 0.3) is 0 Å². The van der Waals surface area contributed by atoms with Crippen molar-refractivity contribution in [1.29, 1.82) is 0 Å². The van der Waals surface area contributed by atoms with Gasteiger partial charge in [0.15, 0.2) is 0 Å². The molecule has 116 valence electrons. The number of aliphatic hydroxyl groups is 1. The number of likely N-dealkylation sites (tertiary alicyclic amines) is 1. The SMILES string of the molecule is CN1CCC(C2(O)c3cc(Br)cc(F)c3CC2(C)C)CC1. The van der Waals surface area contributed by atoms with Gasteiger partial charge in [0.2, 0.25) is 0 Å². The Hall–Kier alpha value is -0.450. The monoisotopic (exact) mass is 355 g/mol. The maximum absolute atomic E-state index is 14.3. The number of piperidine rings is 1. The molecule has 1 aliphatic carbocycles. The molecule has 0 saturated carbocycles. The lowest BCUT2D eigenvalue weighted by Gasteiger charge is -2.46. The molecule has 2 nitrogen and oxygen atoms in total. The minimum atomic E-state index is -0.936. The molecule has 1 unspecified atom stereocenters. The summed E-state index contributed by atoms with van der Waals surface area (Å²) in [6, 6.07) is 3.43. The molecule has 0 radical (unpaired) electrons. The van der Waals surface area contributed by atoms with Gasteiger partial charge in [0, 0.05) is 9.89 Å². The predicted molar refractivity (Wildman–Crippen MR) is 85.7 cm³/mol. The third-order valence-corrected chi connectivity index (χ3v) is 5.99. The molecule has 0 spiro atoms. The van der Waals surface area contributed by atoms with Gasteiger partial charge < -0.3 is 10.0 Å². The van der Waals surface area contributed by atoms with Crippen molar-refractivity contribution in [2.24, 2.45) is 11.3 Å². The van der Waals surface area contributed by atoms with Crippen LogP contribution in [0, 0.1) is 17.2 Å². The van der Waals surface area contributed by atoms with Gasteiger partial charge in [-0.05, 0) is 68.6 Å². The third kappa shape index (κ3) is 2.27. The summed E-state index contributed by atoms with van der Waals surface area (Å²) >= 11 is 3.38. The van der Waals surface area contributed by atoms with Crippen molar-refractivity contribution < 1.29 is 9.50 Å². The van der Waals surface area contributed by atoms with Crippen LogP contribution >= 0.6 is 15.9 Å². The molecule has 0 aromatic heterocycles. The first-order valence-electron chi connectivity index (χ1n) is 7.65. The van der Waals surface area contributed by atoms with E-state index in [9.17, 15) is 9.50 Å². The van der Waals surface area contributed by atoms with E-state index in [1.165, 1.54) is 6.07 Å². The van der Waals surface area contributed by atoms with Gasteiger partial charge in [-0.25, -0.2) is 4.39 Å². The van der Waals surface area contributed by atoms with Gasteiger partial charge in [-0.3, -0.25) is 0 Å². The number of benzene rings is 1. The van der Waals surface area contributed by atoms with E-state index in [1.54, 1.807) is 0 Å². The Balaban J connectivity index is 2.09. The zero-order chi connectivity index (χ0) is 15.4. The maximum atomic E-state index is 14.3. The van der Waals surface area contributed by atoms with Gasteiger partial charge in [-0.1, -0.05) is 29.8 Å². The molecule has 1 aliphatic heterocycles. The maximum Gasteiger partial charge on any atom is 0.127 e. The van der Waals surface area contributed by atoms with E-state index in [-0.39, 0.29) is 17.2 Å². The Kier molecular flexibility index (Phi) is 3.70. The zero-order valence-electron chi connectivity index (χ0n) is 12.9. The van der Waals surface area contributed by atoms with Crippen molar-refractivity contribution in [1.82, 2.24) is 4.90 Å². The van der Waals surface area contributed by atoms with Crippen LogP contribution in [0.5, 0.6) is 0 Å². The van der Waals surface area contributed by atoms with Crippen molar-refractivity contribution in [2.45, 2.75) is 38.7 Å².